The second-order valence-electron chi connectivity index (χ2n) is 4.90. The summed E-state index contributed by atoms with van der Waals surface area (Å²) in [4.78, 5) is 6.93. The van der Waals surface area contributed by atoms with Gasteiger partial charge in [0.1, 0.15) is 5.82 Å². The Bertz CT molecular complexity index is 538. The van der Waals surface area contributed by atoms with E-state index in [2.05, 4.69) is 22.5 Å². The Kier molecular flexibility index (Phi) is 5.52. The number of para-hydroxylation sites is 2. The normalized spacial score (nSPS) is 11.6. The number of hydrogen-bond donors (Lipinski definition) is 2. The van der Waals surface area contributed by atoms with E-state index in [1.807, 2.05) is 18.2 Å². The fourth-order valence-corrected chi connectivity index (χ4v) is 2.44. The quantitative estimate of drug-likeness (QED) is 0.760. The first kappa shape index (κ1) is 15.0. The van der Waals surface area contributed by atoms with Gasteiger partial charge in [-0.1, -0.05) is 19.1 Å². The number of imidazole rings is 1. The van der Waals surface area contributed by atoms with Crippen molar-refractivity contribution in [3.05, 3.63) is 30.1 Å². The molecule has 0 fully saturated rings. The second-order valence-corrected chi connectivity index (χ2v) is 4.90. The lowest BCUT2D eigenvalue weighted by Gasteiger charge is -2.19. The highest BCUT2D eigenvalue weighted by Gasteiger charge is 2.12. The van der Waals surface area contributed by atoms with E-state index < -0.39 is 0 Å². The highest BCUT2D eigenvalue weighted by atomic mass is 16.3. The molecule has 0 atom stereocenters. The molecule has 1 aromatic heterocycles. The number of likely N-dealkylation sites (N-methyl/N-ethyl adjacent to an activating group) is 1. The van der Waals surface area contributed by atoms with Crippen LogP contribution in [0, 0.1) is 0 Å². The summed E-state index contributed by atoms with van der Waals surface area (Å²) in [6.45, 7) is 6.19. The van der Waals surface area contributed by atoms with Crippen molar-refractivity contribution in [2.75, 3.05) is 26.2 Å². The zero-order valence-electron chi connectivity index (χ0n) is 12.1. The van der Waals surface area contributed by atoms with Crippen LogP contribution in [0.5, 0.6) is 0 Å². The van der Waals surface area contributed by atoms with Gasteiger partial charge in [-0.15, -0.1) is 0 Å². The molecule has 0 unspecified atom stereocenters. The summed E-state index contributed by atoms with van der Waals surface area (Å²) < 4.78 is 2.25. The third kappa shape index (κ3) is 3.36. The minimum Gasteiger partial charge on any atom is -0.395 e. The number of nitrogens with two attached hydrogens (primary N) is 1. The van der Waals surface area contributed by atoms with Gasteiger partial charge in [0.15, 0.2) is 0 Å². The van der Waals surface area contributed by atoms with Crippen LogP contribution in [-0.2, 0) is 13.1 Å². The highest BCUT2D eigenvalue weighted by Crippen LogP contribution is 2.17. The number of aliphatic hydroxyl groups excluding tert-OH is 1. The Labute approximate surface area is 120 Å². The van der Waals surface area contributed by atoms with Crippen LogP contribution in [0.15, 0.2) is 24.3 Å². The van der Waals surface area contributed by atoms with Crippen LogP contribution >= 0.6 is 0 Å². The number of fused-ring (bicyclic) bond motifs is 1. The largest absolute Gasteiger partial charge is 0.395 e. The minimum atomic E-state index is 0.177. The van der Waals surface area contributed by atoms with Crippen LogP contribution in [0.1, 0.15) is 19.2 Å². The van der Waals surface area contributed by atoms with Crippen LogP contribution in [0.2, 0.25) is 0 Å². The van der Waals surface area contributed by atoms with Crippen LogP contribution < -0.4 is 5.73 Å². The highest BCUT2D eigenvalue weighted by molar-refractivity contribution is 5.75. The van der Waals surface area contributed by atoms with Crippen molar-refractivity contribution in [1.82, 2.24) is 14.5 Å². The number of aliphatic hydroxyl groups is 1. The standard InChI is InChI=1S/C15H24N4O/c1-2-18(10-11-20)12-15-17-13-6-3-4-7-14(13)19(15)9-5-8-16/h3-4,6-7,20H,2,5,8-12,16H2,1H3. The Balaban J connectivity index is 2.30. The van der Waals surface area contributed by atoms with E-state index >= 15 is 0 Å². The van der Waals surface area contributed by atoms with Gasteiger partial charge in [-0.3, -0.25) is 4.90 Å². The van der Waals surface area contributed by atoms with Gasteiger partial charge < -0.3 is 15.4 Å². The van der Waals surface area contributed by atoms with Crippen molar-refractivity contribution < 1.29 is 5.11 Å². The van der Waals surface area contributed by atoms with Gasteiger partial charge in [-0.05, 0) is 31.6 Å². The zero-order valence-corrected chi connectivity index (χ0v) is 12.1. The fourth-order valence-electron chi connectivity index (χ4n) is 2.44. The van der Waals surface area contributed by atoms with Crippen molar-refractivity contribution in [3.63, 3.8) is 0 Å². The zero-order chi connectivity index (χ0) is 14.4. The lowest BCUT2D eigenvalue weighted by Crippen LogP contribution is -2.27. The summed E-state index contributed by atoms with van der Waals surface area (Å²) in [5, 5.41) is 9.11. The van der Waals surface area contributed by atoms with Crippen LogP contribution in [0.25, 0.3) is 11.0 Å². The average Bonchev–Trinajstić information content (AvgIpc) is 2.82. The van der Waals surface area contributed by atoms with E-state index in [0.29, 0.717) is 13.1 Å². The molecule has 0 aliphatic rings. The summed E-state index contributed by atoms with van der Waals surface area (Å²) in [5.41, 5.74) is 7.83. The molecule has 5 nitrogen and oxygen atoms in total. The molecule has 0 aliphatic carbocycles. The molecule has 0 saturated heterocycles. The Morgan fingerprint density at radius 3 is 2.85 bits per heavy atom. The number of nitrogens with zero attached hydrogens (tertiary/aromatic N) is 3. The van der Waals surface area contributed by atoms with E-state index in [-0.39, 0.29) is 6.61 Å². The molecule has 1 heterocycles. The van der Waals surface area contributed by atoms with Gasteiger partial charge in [0.2, 0.25) is 0 Å². The molecule has 2 rings (SSSR count). The van der Waals surface area contributed by atoms with Gasteiger partial charge in [0, 0.05) is 13.1 Å². The maximum absolute atomic E-state index is 9.11. The molecular formula is C15H24N4O. The molecule has 3 N–H and O–H groups in total. The van der Waals surface area contributed by atoms with Gasteiger partial charge in [-0.2, -0.15) is 0 Å². The van der Waals surface area contributed by atoms with Crippen LogP contribution in [0.4, 0.5) is 0 Å². The molecule has 0 bridgehead atoms. The molecule has 5 heteroatoms. The molecule has 0 radical (unpaired) electrons. The monoisotopic (exact) mass is 276 g/mol. The minimum absolute atomic E-state index is 0.177. The molecular weight excluding hydrogens is 252 g/mol. The predicted molar refractivity (Wildman–Crippen MR) is 81.4 cm³/mol. The maximum atomic E-state index is 9.11. The number of aromatic nitrogens is 2. The summed E-state index contributed by atoms with van der Waals surface area (Å²) in [6, 6.07) is 8.19. The molecule has 110 valence electrons. The molecule has 20 heavy (non-hydrogen) atoms. The maximum Gasteiger partial charge on any atom is 0.124 e. The van der Waals surface area contributed by atoms with E-state index in [1.54, 1.807) is 0 Å². The summed E-state index contributed by atoms with van der Waals surface area (Å²) in [5.74, 6) is 1.05. The van der Waals surface area contributed by atoms with Crippen LogP contribution in [-0.4, -0.2) is 45.8 Å². The predicted octanol–water partition coefficient (Wildman–Crippen LogP) is 1.20. The van der Waals surface area contributed by atoms with Crippen molar-refractivity contribution >= 4 is 11.0 Å². The van der Waals surface area contributed by atoms with Crippen molar-refractivity contribution in [1.29, 1.82) is 0 Å². The molecule has 0 saturated carbocycles. The average molecular weight is 276 g/mol. The van der Waals surface area contributed by atoms with Crippen molar-refractivity contribution in [3.8, 4) is 0 Å². The lowest BCUT2D eigenvalue weighted by molar-refractivity contribution is 0.192. The number of hydrogen-bond acceptors (Lipinski definition) is 4. The molecule has 0 spiro atoms. The van der Waals surface area contributed by atoms with Gasteiger partial charge in [0.25, 0.3) is 0 Å². The number of benzene rings is 1. The van der Waals surface area contributed by atoms with Gasteiger partial charge >= 0.3 is 0 Å². The lowest BCUT2D eigenvalue weighted by atomic mass is 10.3. The van der Waals surface area contributed by atoms with Gasteiger partial charge in [0.05, 0.1) is 24.2 Å². The van der Waals surface area contributed by atoms with E-state index in [0.717, 1.165) is 42.9 Å². The fraction of sp³-hybridized carbons (Fsp3) is 0.533. The first-order chi connectivity index (χ1) is 9.80. The molecule has 2 aromatic rings. The van der Waals surface area contributed by atoms with Gasteiger partial charge in [-0.25, -0.2) is 4.98 Å². The summed E-state index contributed by atoms with van der Waals surface area (Å²) >= 11 is 0. The van der Waals surface area contributed by atoms with Crippen molar-refractivity contribution in [2.45, 2.75) is 26.4 Å². The molecule has 0 aliphatic heterocycles. The molecule has 0 amide bonds. The number of aryl methyl sites for hydroxylation is 1. The Hall–Kier alpha value is -1.43. The SMILES string of the molecule is CCN(CCO)Cc1nc2ccccc2n1CCCN. The second kappa shape index (κ2) is 7.38. The van der Waals surface area contributed by atoms with Crippen LogP contribution in [0.3, 0.4) is 0 Å². The van der Waals surface area contributed by atoms with E-state index in [4.69, 9.17) is 15.8 Å². The first-order valence-corrected chi connectivity index (χ1v) is 7.27. The summed E-state index contributed by atoms with van der Waals surface area (Å²) in [6.07, 6.45) is 0.944. The number of rotatable bonds is 8. The van der Waals surface area contributed by atoms with E-state index in [1.165, 1.54) is 0 Å². The third-order valence-electron chi connectivity index (χ3n) is 3.55. The Morgan fingerprint density at radius 2 is 2.15 bits per heavy atom. The third-order valence-corrected chi connectivity index (χ3v) is 3.55. The smallest absolute Gasteiger partial charge is 0.124 e. The Morgan fingerprint density at radius 1 is 1.35 bits per heavy atom. The first-order valence-electron chi connectivity index (χ1n) is 7.27. The molecule has 1 aromatic carbocycles. The summed E-state index contributed by atoms with van der Waals surface area (Å²) in [7, 11) is 0. The topological polar surface area (TPSA) is 67.3 Å². The van der Waals surface area contributed by atoms with Crippen molar-refractivity contribution in [2.24, 2.45) is 5.73 Å². The van der Waals surface area contributed by atoms with E-state index in [9.17, 15) is 0 Å².